The van der Waals surface area contributed by atoms with Gasteiger partial charge in [0.05, 0.1) is 10.2 Å². The van der Waals surface area contributed by atoms with Gasteiger partial charge in [0.1, 0.15) is 0 Å². The maximum absolute atomic E-state index is 5.88. The molecule has 1 heterocycles. The Hall–Kier alpha value is -0.250. The molecule has 14 heavy (non-hydrogen) atoms. The van der Waals surface area contributed by atoms with Crippen molar-refractivity contribution in [3.8, 4) is 0 Å². The summed E-state index contributed by atoms with van der Waals surface area (Å²) < 4.78 is 2.36. The summed E-state index contributed by atoms with van der Waals surface area (Å²) in [6.45, 7) is 2.00. The van der Waals surface area contributed by atoms with E-state index in [0.717, 1.165) is 15.6 Å². The van der Waals surface area contributed by atoms with E-state index in [1.807, 2.05) is 25.1 Å². The number of aromatic nitrogens is 1. The molecule has 2 aromatic rings. The summed E-state index contributed by atoms with van der Waals surface area (Å²) in [5.74, 6) is 0.918. The first-order chi connectivity index (χ1) is 6.75. The van der Waals surface area contributed by atoms with Crippen molar-refractivity contribution in [1.82, 2.24) is 4.98 Å². The number of thiazole rings is 1. The van der Waals surface area contributed by atoms with E-state index >= 15 is 0 Å². The second-order valence-electron chi connectivity index (χ2n) is 3.04. The summed E-state index contributed by atoms with van der Waals surface area (Å²) >= 11 is 9.34. The summed E-state index contributed by atoms with van der Waals surface area (Å²) in [6.07, 6.45) is 0. The Labute approximate surface area is 96.5 Å². The van der Waals surface area contributed by atoms with Crippen LogP contribution in [0.15, 0.2) is 28.6 Å². The number of rotatable bonds is 3. The van der Waals surface area contributed by atoms with Gasteiger partial charge in [-0.2, -0.15) is 0 Å². The Morgan fingerprint density at radius 3 is 3.00 bits per heavy atom. The van der Waals surface area contributed by atoms with Crippen molar-refractivity contribution in [2.24, 2.45) is 0 Å². The molecule has 0 amide bonds. The lowest BCUT2D eigenvalue weighted by molar-refractivity contribution is 1.11. The second kappa shape index (κ2) is 4.51. The van der Waals surface area contributed by atoms with Crippen molar-refractivity contribution < 1.29 is 0 Å². The molecule has 1 atom stereocenters. The lowest BCUT2D eigenvalue weighted by atomic mass is 10.3. The van der Waals surface area contributed by atoms with E-state index in [1.165, 1.54) is 4.70 Å². The Bertz CT molecular complexity index is 392. The molecular formula is C10H10ClNS2. The average molecular weight is 244 g/mol. The molecule has 0 N–H and O–H groups in total. The Morgan fingerprint density at radius 2 is 2.29 bits per heavy atom. The highest BCUT2D eigenvalue weighted by atomic mass is 35.5. The van der Waals surface area contributed by atoms with Gasteiger partial charge in [-0.3, -0.25) is 0 Å². The maximum atomic E-state index is 5.88. The molecule has 0 fully saturated rings. The lowest BCUT2D eigenvalue weighted by Crippen LogP contribution is -1.92. The fourth-order valence-electron chi connectivity index (χ4n) is 1.10. The molecule has 0 radical (unpaired) electrons. The van der Waals surface area contributed by atoms with Crippen LogP contribution in [0.4, 0.5) is 0 Å². The van der Waals surface area contributed by atoms with Gasteiger partial charge in [0, 0.05) is 11.1 Å². The van der Waals surface area contributed by atoms with Crippen molar-refractivity contribution in [3.05, 3.63) is 24.3 Å². The number of alkyl halides is 1. The van der Waals surface area contributed by atoms with E-state index in [9.17, 15) is 0 Å². The zero-order valence-corrected chi connectivity index (χ0v) is 10.1. The van der Waals surface area contributed by atoms with Crippen LogP contribution in [0.25, 0.3) is 10.2 Å². The zero-order chi connectivity index (χ0) is 9.97. The van der Waals surface area contributed by atoms with Crippen LogP contribution in [0.2, 0.25) is 0 Å². The first-order valence-corrected chi connectivity index (χ1v) is 6.62. The van der Waals surface area contributed by atoms with E-state index in [1.54, 1.807) is 23.1 Å². The number of nitrogens with zero attached hydrogens (tertiary/aromatic N) is 1. The molecule has 1 aromatic carbocycles. The van der Waals surface area contributed by atoms with E-state index in [0.29, 0.717) is 0 Å². The van der Waals surface area contributed by atoms with Crippen molar-refractivity contribution in [2.75, 3.05) is 5.75 Å². The molecule has 0 saturated heterocycles. The predicted molar refractivity (Wildman–Crippen MR) is 65.7 cm³/mol. The molecule has 0 spiro atoms. The quantitative estimate of drug-likeness (QED) is 0.597. The highest BCUT2D eigenvalue weighted by Crippen LogP contribution is 2.29. The first kappa shape index (κ1) is 10.3. The minimum Gasteiger partial charge on any atom is -0.230 e. The molecule has 0 aliphatic carbocycles. The number of benzene rings is 1. The summed E-state index contributed by atoms with van der Waals surface area (Å²) in [7, 11) is 0. The Morgan fingerprint density at radius 1 is 1.50 bits per heavy atom. The summed E-state index contributed by atoms with van der Waals surface area (Å²) in [4.78, 5) is 4.51. The molecule has 1 aromatic heterocycles. The van der Waals surface area contributed by atoms with Gasteiger partial charge in [-0.05, 0) is 19.1 Å². The monoisotopic (exact) mass is 243 g/mol. The van der Waals surface area contributed by atoms with Crippen LogP contribution in [0, 0.1) is 0 Å². The normalized spacial score (nSPS) is 13.3. The van der Waals surface area contributed by atoms with Gasteiger partial charge in [-0.1, -0.05) is 23.9 Å². The number of fused-ring (bicyclic) bond motifs is 1. The van der Waals surface area contributed by atoms with Crippen LogP contribution in [0.5, 0.6) is 0 Å². The van der Waals surface area contributed by atoms with Gasteiger partial charge in [-0.15, -0.1) is 22.9 Å². The fraction of sp³-hybridized carbons (Fsp3) is 0.300. The van der Waals surface area contributed by atoms with E-state index in [-0.39, 0.29) is 5.38 Å². The molecule has 0 bridgehead atoms. The van der Waals surface area contributed by atoms with Crippen molar-refractivity contribution in [1.29, 1.82) is 0 Å². The minimum atomic E-state index is 0.201. The van der Waals surface area contributed by atoms with Gasteiger partial charge >= 0.3 is 0 Å². The smallest absolute Gasteiger partial charge is 0.151 e. The molecule has 1 nitrogen and oxygen atoms in total. The molecule has 0 aliphatic heterocycles. The third-order valence-electron chi connectivity index (χ3n) is 1.71. The van der Waals surface area contributed by atoms with Crippen LogP contribution in [0.3, 0.4) is 0 Å². The van der Waals surface area contributed by atoms with Gasteiger partial charge < -0.3 is 0 Å². The lowest BCUT2D eigenvalue weighted by Gasteiger charge is -1.97. The SMILES string of the molecule is CC(Cl)CSc1nc2ccccc2s1. The van der Waals surface area contributed by atoms with E-state index in [4.69, 9.17) is 11.6 Å². The number of para-hydroxylation sites is 1. The fourth-order valence-corrected chi connectivity index (χ4v) is 3.23. The summed E-state index contributed by atoms with van der Waals surface area (Å²) in [5.41, 5.74) is 1.09. The number of halogens is 1. The zero-order valence-electron chi connectivity index (χ0n) is 7.74. The van der Waals surface area contributed by atoms with Gasteiger partial charge in [0.2, 0.25) is 0 Å². The minimum absolute atomic E-state index is 0.201. The van der Waals surface area contributed by atoms with E-state index < -0.39 is 0 Å². The van der Waals surface area contributed by atoms with Crippen LogP contribution in [-0.4, -0.2) is 16.1 Å². The largest absolute Gasteiger partial charge is 0.230 e. The Kier molecular flexibility index (Phi) is 3.31. The molecule has 0 aliphatic rings. The first-order valence-electron chi connectivity index (χ1n) is 4.38. The number of hydrogen-bond acceptors (Lipinski definition) is 3. The summed E-state index contributed by atoms with van der Waals surface area (Å²) in [6, 6.07) is 8.20. The van der Waals surface area contributed by atoms with Gasteiger partial charge in [0.15, 0.2) is 4.34 Å². The van der Waals surface area contributed by atoms with Crippen LogP contribution in [0.1, 0.15) is 6.92 Å². The van der Waals surface area contributed by atoms with Crippen LogP contribution < -0.4 is 0 Å². The Balaban J connectivity index is 2.19. The van der Waals surface area contributed by atoms with Crippen LogP contribution in [-0.2, 0) is 0 Å². The van der Waals surface area contributed by atoms with Crippen LogP contribution >= 0.6 is 34.7 Å². The van der Waals surface area contributed by atoms with Crippen molar-refractivity contribution >= 4 is 44.9 Å². The highest BCUT2D eigenvalue weighted by molar-refractivity contribution is 8.01. The third-order valence-corrected chi connectivity index (χ3v) is 4.49. The number of thioether (sulfide) groups is 1. The summed E-state index contributed by atoms with van der Waals surface area (Å²) in [5, 5.41) is 0.201. The molecule has 0 saturated carbocycles. The third kappa shape index (κ3) is 2.41. The maximum Gasteiger partial charge on any atom is 0.151 e. The van der Waals surface area contributed by atoms with Gasteiger partial charge in [-0.25, -0.2) is 4.98 Å². The average Bonchev–Trinajstić information content (AvgIpc) is 2.57. The van der Waals surface area contributed by atoms with E-state index in [2.05, 4.69) is 11.1 Å². The standard InChI is InChI=1S/C10H10ClNS2/c1-7(11)6-13-10-12-8-4-2-3-5-9(8)14-10/h2-5,7H,6H2,1H3. The molecule has 2 rings (SSSR count). The molecule has 4 heteroatoms. The highest BCUT2D eigenvalue weighted by Gasteiger charge is 2.04. The van der Waals surface area contributed by atoms with Crippen molar-refractivity contribution in [3.63, 3.8) is 0 Å². The van der Waals surface area contributed by atoms with Gasteiger partial charge in [0.25, 0.3) is 0 Å². The van der Waals surface area contributed by atoms with Crippen molar-refractivity contribution in [2.45, 2.75) is 16.6 Å². The molecular weight excluding hydrogens is 234 g/mol. The number of hydrogen-bond donors (Lipinski definition) is 0. The topological polar surface area (TPSA) is 12.9 Å². The molecule has 1 unspecified atom stereocenters. The second-order valence-corrected chi connectivity index (χ2v) is 6.08. The molecule has 74 valence electrons. The predicted octanol–water partition coefficient (Wildman–Crippen LogP) is 4.02.